The molecule has 3 heteroatoms. The lowest BCUT2D eigenvalue weighted by Crippen LogP contribution is -2.41. The lowest BCUT2D eigenvalue weighted by molar-refractivity contribution is 0.00578. The van der Waals surface area contributed by atoms with Crippen molar-refractivity contribution in [3.8, 4) is 0 Å². The summed E-state index contributed by atoms with van der Waals surface area (Å²) in [4.78, 5) is 0. The molecule has 1 fully saturated rings. The molecule has 1 atom stereocenters. The highest BCUT2D eigenvalue weighted by molar-refractivity contribution is 6.55. The van der Waals surface area contributed by atoms with Crippen molar-refractivity contribution in [3.63, 3.8) is 0 Å². The van der Waals surface area contributed by atoms with Gasteiger partial charge in [-0.1, -0.05) is 24.6 Å². The summed E-state index contributed by atoms with van der Waals surface area (Å²) in [5.74, 6) is 0.399. The highest BCUT2D eigenvalue weighted by atomic mass is 16.7. The minimum atomic E-state index is -0.272. The highest BCUT2D eigenvalue weighted by Crippen LogP contribution is 2.45. The molecular formula is C20H31BO2. The van der Waals surface area contributed by atoms with Crippen molar-refractivity contribution in [1.82, 2.24) is 0 Å². The molecule has 1 unspecified atom stereocenters. The maximum absolute atomic E-state index is 6.41. The average molecular weight is 314 g/mol. The molecule has 0 spiro atoms. The zero-order valence-corrected chi connectivity index (χ0v) is 15.7. The Labute approximate surface area is 142 Å². The first-order valence-electron chi connectivity index (χ1n) is 9.17. The van der Waals surface area contributed by atoms with Gasteiger partial charge in [0, 0.05) is 0 Å². The third-order valence-electron chi connectivity index (χ3n) is 6.31. The zero-order chi connectivity index (χ0) is 16.8. The van der Waals surface area contributed by atoms with Gasteiger partial charge in [-0.2, -0.15) is 0 Å². The summed E-state index contributed by atoms with van der Waals surface area (Å²) >= 11 is 0. The lowest BCUT2D eigenvalue weighted by atomic mass is 9.63. The fraction of sp³-hybridized carbons (Fsp3) is 0.700. The third-order valence-corrected chi connectivity index (χ3v) is 6.31. The van der Waals surface area contributed by atoms with Gasteiger partial charge in [-0.05, 0) is 89.3 Å². The molecule has 0 aromatic rings. The van der Waals surface area contributed by atoms with Crippen LogP contribution in [0, 0.1) is 5.92 Å². The Kier molecular flexibility index (Phi) is 4.39. The molecule has 0 bridgehead atoms. The molecule has 3 rings (SSSR count). The monoisotopic (exact) mass is 314 g/mol. The second kappa shape index (κ2) is 5.93. The van der Waals surface area contributed by atoms with Gasteiger partial charge in [0.15, 0.2) is 0 Å². The SMILES string of the molecule is CC1=CCC(C2=CCCCC2)=C(B2OC(C)(C)C(C)(C)O2)C1C. The van der Waals surface area contributed by atoms with Crippen LogP contribution < -0.4 is 0 Å². The van der Waals surface area contributed by atoms with Crippen LogP contribution in [0.4, 0.5) is 0 Å². The van der Waals surface area contributed by atoms with Gasteiger partial charge in [-0.25, -0.2) is 0 Å². The number of allylic oxidation sites excluding steroid dienone is 6. The molecule has 1 aliphatic heterocycles. The van der Waals surface area contributed by atoms with Crippen LogP contribution in [0.3, 0.4) is 0 Å². The van der Waals surface area contributed by atoms with E-state index in [4.69, 9.17) is 9.31 Å². The molecule has 0 saturated carbocycles. The molecule has 3 aliphatic rings. The number of hydrogen-bond donors (Lipinski definition) is 0. The first-order valence-corrected chi connectivity index (χ1v) is 9.17. The molecule has 0 N–H and O–H groups in total. The quantitative estimate of drug-likeness (QED) is 0.502. The molecule has 0 amide bonds. The van der Waals surface area contributed by atoms with Crippen molar-refractivity contribution in [2.24, 2.45) is 5.92 Å². The van der Waals surface area contributed by atoms with Gasteiger partial charge in [0.1, 0.15) is 0 Å². The van der Waals surface area contributed by atoms with Crippen molar-refractivity contribution in [1.29, 1.82) is 0 Å². The Bertz CT molecular complexity index is 564. The van der Waals surface area contributed by atoms with Gasteiger partial charge in [-0.3, -0.25) is 0 Å². The summed E-state index contributed by atoms with van der Waals surface area (Å²) in [6.07, 6.45) is 10.9. The minimum Gasteiger partial charge on any atom is -0.400 e. The molecular weight excluding hydrogens is 283 g/mol. The first-order chi connectivity index (χ1) is 10.7. The van der Waals surface area contributed by atoms with Crippen molar-refractivity contribution in [2.75, 3.05) is 0 Å². The summed E-state index contributed by atoms with van der Waals surface area (Å²) in [6, 6.07) is 0. The fourth-order valence-corrected chi connectivity index (χ4v) is 3.81. The second-order valence-electron chi connectivity index (χ2n) is 8.37. The van der Waals surface area contributed by atoms with Crippen LogP contribution in [-0.4, -0.2) is 18.3 Å². The van der Waals surface area contributed by atoms with E-state index in [2.05, 4.69) is 53.7 Å². The molecule has 1 saturated heterocycles. The third kappa shape index (κ3) is 2.98. The van der Waals surface area contributed by atoms with Crippen LogP contribution in [0.5, 0.6) is 0 Å². The highest BCUT2D eigenvalue weighted by Gasteiger charge is 2.53. The summed E-state index contributed by atoms with van der Waals surface area (Å²) in [5.41, 5.74) is 5.29. The standard InChI is InChI=1S/C20H31BO2/c1-14-12-13-17(16-10-8-7-9-11-16)18(15(14)2)21-22-19(3,4)20(5,6)23-21/h10,12,15H,7-9,11,13H2,1-6H3. The summed E-state index contributed by atoms with van der Waals surface area (Å²) in [6.45, 7) is 13.1. The van der Waals surface area contributed by atoms with Gasteiger partial charge >= 0.3 is 7.12 Å². The van der Waals surface area contributed by atoms with Gasteiger partial charge in [0.25, 0.3) is 0 Å². The Morgan fingerprint density at radius 3 is 2.26 bits per heavy atom. The van der Waals surface area contributed by atoms with E-state index in [1.165, 1.54) is 47.9 Å². The summed E-state index contributed by atoms with van der Waals surface area (Å²) < 4.78 is 12.8. The first kappa shape index (κ1) is 17.0. The Hall–Kier alpha value is -0.795. The Morgan fingerprint density at radius 2 is 1.70 bits per heavy atom. The smallest absolute Gasteiger partial charge is 0.400 e. The second-order valence-corrected chi connectivity index (χ2v) is 8.37. The summed E-state index contributed by atoms with van der Waals surface area (Å²) in [5, 5.41) is 0. The molecule has 0 aromatic carbocycles. The van der Waals surface area contributed by atoms with Crippen molar-refractivity contribution in [3.05, 3.63) is 34.3 Å². The maximum Gasteiger partial charge on any atom is 0.491 e. The molecule has 126 valence electrons. The van der Waals surface area contributed by atoms with E-state index in [1.807, 2.05) is 0 Å². The van der Waals surface area contributed by atoms with E-state index in [9.17, 15) is 0 Å². The van der Waals surface area contributed by atoms with E-state index >= 15 is 0 Å². The van der Waals surface area contributed by atoms with Gasteiger partial charge in [-0.15, -0.1) is 0 Å². The lowest BCUT2D eigenvalue weighted by Gasteiger charge is -2.32. The molecule has 1 heterocycles. The average Bonchev–Trinajstić information content (AvgIpc) is 2.70. The van der Waals surface area contributed by atoms with Gasteiger partial charge in [0.2, 0.25) is 0 Å². The molecule has 2 nitrogen and oxygen atoms in total. The zero-order valence-electron chi connectivity index (χ0n) is 15.7. The van der Waals surface area contributed by atoms with E-state index in [-0.39, 0.29) is 18.3 Å². The largest absolute Gasteiger partial charge is 0.491 e. The number of rotatable bonds is 2. The predicted octanol–water partition coefficient (Wildman–Crippen LogP) is 5.40. The molecule has 23 heavy (non-hydrogen) atoms. The van der Waals surface area contributed by atoms with Crippen LogP contribution >= 0.6 is 0 Å². The minimum absolute atomic E-state index is 0.212. The van der Waals surface area contributed by atoms with E-state index in [0.717, 1.165) is 6.42 Å². The molecule has 2 aliphatic carbocycles. The predicted molar refractivity (Wildman–Crippen MR) is 97.2 cm³/mol. The van der Waals surface area contributed by atoms with Crippen molar-refractivity contribution in [2.45, 2.75) is 84.8 Å². The van der Waals surface area contributed by atoms with Crippen molar-refractivity contribution < 1.29 is 9.31 Å². The van der Waals surface area contributed by atoms with Crippen LogP contribution in [0.1, 0.15) is 73.6 Å². The fourth-order valence-electron chi connectivity index (χ4n) is 3.81. The van der Waals surface area contributed by atoms with E-state index in [0.29, 0.717) is 5.92 Å². The van der Waals surface area contributed by atoms with Gasteiger partial charge in [0.05, 0.1) is 11.2 Å². The van der Waals surface area contributed by atoms with Gasteiger partial charge < -0.3 is 9.31 Å². The molecule has 0 aromatic heterocycles. The van der Waals surface area contributed by atoms with Crippen LogP contribution in [0.2, 0.25) is 0 Å². The Balaban J connectivity index is 2.00. The number of hydrogen-bond acceptors (Lipinski definition) is 2. The van der Waals surface area contributed by atoms with Crippen LogP contribution in [0.25, 0.3) is 0 Å². The Morgan fingerprint density at radius 1 is 1.04 bits per heavy atom. The van der Waals surface area contributed by atoms with E-state index in [1.54, 1.807) is 0 Å². The van der Waals surface area contributed by atoms with Crippen molar-refractivity contribution >= 4 is 7.12 Å². The molecule has 0 radical (unpaired) electrons. The van der Waals surface area contributed by atoms with Crippen LogP contribution in [0.15, 0.2) is 34.3 Å². The van der Waals surface area contributed by atoms with Crippen LogP contribution in [-0.2, 0) is 9.31 Å². The topological polar surface area (TPSA) is 18.5 Å². The normalized spacial score (nSPS) is 30.3. The summed E-state index contributed by atoms with van der Waals surface area (Å²) in [7, 11) is -0.212. The maximum atomic E-state index is 6.41. The van der Waals surface area contributed by atoms with E-state index < -0.39 is 0 Å².